The molecule has 1 heterocycles. The number of rotatable bonds is 6. The fraction of sp³-hybridized carbons (Fsp3) is 0.381. The zero-order valence-electron chi connectivity index (χ0n) is 14.4. The van der Waals surface area contributed by atoms with Gasteiger partial charge in [0.25, 0.3) is 0 Å². The van der Waals surface area contributed by atoms with Gasteiger partial charge < -0.3 is 5.11 Å². The van der Waals surface area contributed by atoms with Crippen LogP contribution in [-0.2, 0) is 12.0 Å². The molecule has 2 N–H and O–H groups in total. The molecule has 1 atom stereocenters. The van der Waals surface area contributed by atoms with Crippen molar-refractivity contribution in [1.29, 1.82) is 5.26 Å². The lowest BCUT2D eigenvalue weighted by molar-refractivity contribution is 0.0666. The van der Waals surface area contributed by atoms with Crippen molar-refractivity contribution in [1.82, 2.24) is 10.2 Å². The number of nitrogens with zero attached hydrogens (tertiary/aromatic N) is 2. The van der Waals surface area contributed by atoms with Crippen molar-refractivity contribution in [2.24, 2.45) is 0 Å². The van der Waals surface area contributed by atoms with Gasteiger partial charge in [-0.25, -0.2) is 0 Å². The van der Waals surface area contributed by atoms with Crippen LogP contribution in [-0.4, -0.2) is 35.9 Å². The quantitative estimate of drug-likeness (QED) is 0.797. The standard InChI is InChI=1S/C21H25N3O/c22-17-21(19-9-5-2-6-10-19)11-13-24(14-12-21)16-20(25)23-15-18-7-3-1-4-8-18/h1-10,20,23,25H,11-16H2. The van der Waals surface area contributed by atoms with Gasteiger partial charge in [-0.1, -0.05) is 60.7 Å². The molecule has 130 valence electrons. The molecule has 1 aliphatic rings. The molecule has 1 fully saturated rings. The van der Waals surface area contributed by atoms with Gasteiger partial charge in [0.05, 0.1) is 11.5 Å². The Morgan fingerprint density at radius 2 is 1.64 bits per heavy atom. The summed E-state index contributed by atoms with van der Waals surface area (Å²) < 4.78 is 0. The minimum absolute atomic E-state index is 0.389. The largest absolute Gasteiger partial charge is 0.377 e. The summed E-state index contributed by atoms with van der Waals surface area (Å²) in [5.74, 6) is 0. The van der Waals surface area contributed by atoms with Crippen LogP contribution in [0.5, 0.6) is 0 Å². The molecule has 25 heavy (non-hydrogen) atoms. The molecule has 0 saturated carbocycles. The Balaban J connectivity index is 1.49. The van der Waals surface area contributed by atoms with Crippen molar-refractivity contribution in [3.05, 3.63) is 71.8 Å². The summed E-state index contributed by atoms with van der Waals surface area (Å²) >= 11 is 0. The van der Waals surface area contributed by atoms with Gasteiger partial charge in [-0.2, -0.15) is 5.26 Å². The van der Waals surface area contributed by atoms with Gasteiger partial charge in [0.1, 0.15) is 6.23 Å². The predicted octanol–water partition coefficient (Wildman–Crippen LogP) is 2.65. The van der Waals surface area contributed by atoms with Crippen LogP contribution in [0.3, 0.4) is 0 Å². The Morgan fingerprint density at radius 3 is 2.24 bits per heavy atom. The van der Waals surface area contributed by atoms with Gasteiger partial charge in [0, 0.05) is 26.2 Å². The SMILES string of the molecule is N#CC1(c2ccccc2)CCN(CC(O)NCc2ccccc2)CC1. The van der Waals surface area contributed by atoms with E-state index in [1.807, 2.05) is 48.5 Å². The van der Waals surface area contributed by atoms with E-state index in [1.54, 1.807) is 0 Å². The molecule has 4 nitrogen and oxygen atoms in total. The van der Waals surface area contributed by atoms with E-state index >= 15 is 0 Å². The van der Waals surface area contributed by atoms with Crippen LogP contribution in [0.4, 0.5) is 0 Å². The van der Waals surface area contributed by atoms with E-state index in [4.69, 9.17) is 0 Å². The lowest BCUT2D eigenvalue weighted by Crippen LogP contribution is -2.47. The van der Waals surface area contributed by atoms with Crippen LogP contribution < -0.4 is 5.32 Å². The fourth-order valence-electron chi connectivity index (χ4n) is 3.48. The summed E-state index contributed by atoms with van der Waals surface area (Å²) in [6.45, 7) is 2.89. The molecule has 0 aromatic heterocycles. The second-order valence-corrected chi connectivity index (χ2v) is 6.74. The van der Waals surface area contributed by atoms with Crippen LogP contribution >= 0.6 is 0 Å². The number of β-amino-alcohol motifs (C(OH)–C–C–N with tert-alkyl or cyclic N) is 1. The predicted molar refractivity (Wildman–Crippen MR) is 98.7 cm³/mol. The number of aliphatic hydroxyl groups excluding tert-OH is 1. The van der Waals surface area contributed by atoms with Crippen LogP contribution in [0.1, 0.15) is 24.0 Å². The third kappa shape index (κ3) is 4.46. The number of hydrogen-bond acceptors (Lipinski definition) is 4. The number of benzene rings is 2. The molecule has 0 aliphatic carbocycles. The van der Waals surface area contributed by atoms with Crippen molar-refractivity contribution >= 4 is 0 Å². The summed E-state index contributed by atoms with van der Waals surface area (Å²) in [6, 6.07) is 22.7. The van der Waals surface area contributed by atoms with E-state index in [0.717, 1.165) is 37.1 Å². The van der Waals surface area contributed by atoms with Crippen LogP contribution in [0.25, 0.3) is 0 Å². The van der Waals surface area contributed by atoms with Crippen molar-refractivity contribution in [3.63, 3.8) is 0 Å². The highest BCUT2D eigenvalue weighted by Gasteiger charge is 2.36. The van der Waals surface area contributed by atoms with E-state index in [2.05, 4.69) is 28.4 Å². The first-order chi connectivity index (χ1) is 12.2. The number of piperidine rings is 1. The van der Waals surface area contributed by atoms with E-state index < -0.39 is 6.23 Å². The average Bonchev–Trinajstić information content (AvgIpc) is 2.69. The van der Waals surface area contributed by atoms with Crippen molar-refractivity contribution < 1.29 is 5.11 Å². The topological polar surface area (TPSA) is 59.3 Å². The molecular weight excluding hydrogens is 310 g/mol. The molecule has 0 radical (unpaired) electrons. The monoisotopic (exact) mass is 335 g/mol. The maximum Gasteiger partial charge on any atom is 0.118 e. The van der Waals surface area contributed by atoms with Crippen LogP contribution in [0.15, 0.2) is 60.7 Å². The van der Waals surface area contributed by atoms with Gasteiger partial charge in [0.15, 0.2) is 0 Å². The first-order valence-electron chi connectivity index (χ1n) is 8.86. The van der Waals surface area contributed by atoms with Crippen molar-refractivity contribution in [3.8, 4) is 6.07 Å². The van der Waals surface area contributed by atoms with Crippen molar-refractivity contribution in [2.45, 2.75) is 31.0 Å². The number of nitrogens with one attached hydrogen (secondary N) is 1. The molecule has 1 aliphatic heterocycles. The minimum Gasteiger partial charge on any atom is -0.377 e. The summed E-state index contributed by atoms with van der Waals surface area (Å²) in [7, 11) is 0. The molecule has 3 rings (SSSR count). The Hall–Kier alpha value is -2.19. The third-order valence-corrected chi connectivity index (χ3v) is 5.07. The molecule has 2 aromatic rings. The zero-order chi connectivity index (χ0) is 17.5. The number of aliphatic hydroxyl groups is 1. The molecule has 0 spiro atoms. The number of likely N-dealkylation sites (tertiary alicyclic amines) is 1. The second-order valence-electron chi connectivity index (χ2n) is 6.74. The Kier molecular flexibility index (Phi) is 5.83. The van der Waals surface area contributed by atoms with Gasteiger partial charge >= 0.3 is 0 Å². The maximum atomic E-state index is 10.2. The third-order valence-electron chi connectivity index (χ3n) is 5.07. The smallest absolute Gasteiger partial charge is 0.118 e. The molecule has 1 saturated heterocycles. The molecule has 0 bridgehead atoms. The van der Waals surface area contributed by atoms with E-state index in [-0.39, 0.29) is 5.41 Å². The number of nitriles is 1. The maximum absolute atomic E-state index is 10.2. The molecule has 1 unspecified atom stereocenters. The lowest BCUT2D eigenvalue weighted by atomic mass is 9.74. The Morgan fingerprint density at radius 1 is 1.04 bits per heavy atom. The highest BCUT2D eigenvalue weighted by Crippen LogP contribution is 2.34. The second kappa shape index (κ2) is 8.26. The van der Waals surface area contributed by atoms with Gasteiger partial charge in [0.2, 0.25) is 0 Å². The van der Waals surface area contributed by atoms with E-state index in [1.165, 1.54) is 0 Å². The highest BCUT2D eigenvalue weighted by atomic mass is 16.3. The molecular formula is C21H25N3O. The summed E-state index contributed by atoms with van der Waals surface area (Å²) in [5.41, 5.74) is 1.88. The average molecular weight is 335 g/mol. The molecule has 0 amide bonds. The fourth-order valence-corrected chi connectivity index (χ4v) is 3.48. The first-order valence-corrected chi connectivity index (χ1v) is 8.86. The van der Waals surface area contributed by atoms with E-state index in [0.29, 0.717) is 13.1 Å². The van der Waals surface area contributed by atoms with Gasteiger partial charge in [-0.3, -0.25) is 10.2 Å². The minimum atomic E-state index is -0.563. The van der Waals surface area contributed by atoms with Gasteiger partial charge in [-0.15, -0.1) is 0 Å². The van der Waals surface area contributed by atoms with E-state index in [9.17, 15) is 10.4 Å². The van der Waals surface area contributed by atoms with Crippen LogP contribution in [0, 0.1) is 11.3 Å². The normalized spacial score (nSPS) is 18.4. The van der Waals surface area contributed by atoms with Crippen LogP contribution in [0.2, 0.25) is 0 Å². The molecule has 4 heteroatoms. The van der Waals surface area contributed by atoms with Gasteiger partial charge in [-0.05, 0) is 24.0 Å². The highest BCUT2D eigenvalue weighted by molar-refractivity contribution is 5.33. The number of hydrogen-bond donors (Lipinski definition) is 2. The first kappa shape index (κ1) is 17.6. The Labute approximate surface area is 149 Å². The Bertz CT molecular complexity index is 688. The zero-order valence-corrected chi connectivity index (χ0v) is 14.4. The lowest BCUT2D eigenvalue weighted by Gasteiger charge is -2.38. The van der Waals surface area contributed by atoms with Crippen molar-refractivity contribution in [2.75, 3.05) is 19.6 Å². The summed E-state index contributed by atoms with van der Waals surface area (Å²) in [6.07, 6.45) is 1.05. The molecule has 2 aromatic carbocycles. The summed E-state index contributed by atoms with van der Waals surface area (Å²) in [5, 5.41) is 23.2. The summed E-state index contributed by atoms with van der Waals surface area (Å²) in [4.78, 5) is 2.24.